The second-order valence-corrected chi connectivity index (χ2v) is 4.76. The van der Waals surface area contributed by atoms with E-state index in [9.17, 15) is 4.79 Å². The molecule has 0 N–H and O–H groups in total. The average molecular weight is 214 g/mol. The van der Waals surface area contributed by atoms with Crippen LogP contribution in [0.5, 0.6) is 0 Å². The van der Waals surface area contributed by atoms with Gasteiger partial charge in [-0.2, -0.15) is 0 Å². The molecule has 0 unspecified atom stereocenters. The van der Waals surface area contributed by atoms with Gasteiger partial charge in [-0.25, -0.2) is 4.79 Å². The van der Waals surface area contributed by atoms with Gasteiger partial charge in [-0.3, -0.25) is 0 Å². The highest BCUT2D eigenvalue weighted by Crippen LogP contribution is 2.30. The molecule has 2 amide bonds. The summed E-state index contributed by atoms with van der Waals surface area (Å²) in [6.07, 6.45) is -0.0298. The first-order valence-electron chi connectivity index (χ1n) is 5.21. The Morgan fingerprint density at radius 1 is 1.13 bits per heavy atom. The molecule has 0 radical (unpaired) electrons. The zero-order valence-electron chi connectivity index (χ0n) is 9.69. The molecule has 0 aromatic carbocycles. The van der Waals surface area contributed by atoms with Crippen LogP contribution < -0.4 is 0 Å². The minimum Gasteiger partial charge on any atom is -0.343 e. The molecular weight excluding hydrogens is 196 g/mol. The Hall–Kier alpha value is -0.810. The molecular formula is C10H18N2O3. The van der Waals surface area contributed by atoms with Crippen molar-refractivity contribution in [3.05, 3.63) is 0 Å². The van der Waals surface area contributed by atoms with Crippen LogP contribution in [0.2, 0.25) is 0 Å². The lowest BCUT2D eigenvalue weighted by Crippen LogP contribution is -2.39. The van der Waals surface area contributed by atoms with Crippen molar-refractivity contribution in [3.8, 4) is 0 Å². The molecule has 2 aliphatic heterocycles. The second kappa shape index (κ2) is 3.35. The second-order valence-electron chi connectivity index (χ2n) is 4.76. The molecule has 0 aromatic heterocycles. The highest BCUT2D eigenvalue weighted by atomic mass is 16.8. The van der Waals surface area contributed by atoms with Crippen molar-refractivity contribution in [2.75, 3.05) is 27.2 Å². The molecule has 2 fully saturated rings. The Balaban J connectivity index is 2.15. The van der Waals surface area contributed by atoms with Crippen molar-refractivity contribution < 1.29 is 14.3 Å². The highest BCUT2D eigenvalue weighted by Gasteiger charge is 2.44. The van der Waals surface area contributed by atoms with E-state index < -0.39 is 5.79 Å². The van der Waals surface area contributed by atoms with Gasteiger partial charge in [0.2, 0.25) is 0 Å². The Morgan fingerprint density at radius 2 is 1.53 bits per heavy atom. The molecule has 0 saturated carbocycles. The minimum atomic E-state index is -0.530. The highest BCUT2D eigenvalue weighted by molar-refractivity contribution is 5.74. The van der Waals surface area contributed by atoms with E-state index in [-0.39, 0.29) is 18.2 Å². The van der Waals surface area contributed by atoms with Crippen LogP contribution in [0.25, 0.3) is 0 Å². The first-order valence-corrected chi connectivity index (χ1v) is 5.21. The summed E-state index contributed by atoms with van der Waals surface area (Å²) in [6.45, 7) is 5.00. The summed E-state index contributed by atoms with van der Waals surface area (Å²) in [5.74, 6) is -0.530. The number of rotatable bonds is 0. The fourth-order valence-corrected chi connectivity index (χ4v) is 2.21. The van der Waals surface area contributed by atoms with Crippen LogP contribution in [0, 0.1) is 0 Å². The molecule has 2 aliphatic rings. The number of fused-ring (bicyclic) bond motifs is 1. The number of amides is 2. The lowest BCUT2D eigenvalue weighted by molar-refractivity contribution is -0.149. The zero-order chi connectivity index (χ0) is 11.2. The van der Waals surface area contributed by atoms with E-state index in [0.29, 0.717) is 13.1 Å². The summed E-state index contributed by atoms with van der Waals surface area (Å²) >= 11 is 0. The maximum Gasteiger partial charge on any atom is 0.319 e. The van der Waals surface area contributed by atoms with E-state index in [1.165, 1.54) is 0 Å². The molecule has 86 valence electrons. The lowest BCUT2D eigenvalue weighted by Gasteiger charge is -2.24. The number of nitrogens with zero attached hydrogens (tertiary/aromatic N) is 2. The van der Waals surface area contributed by atoms with E-state index in [1.807, 2.05) is 13.8 Å². The summed E-state index contributed by atoms with van der Waals surface area (Å²) in [5.41, 5.74) is 0. The van der Waals surface area contributed by atoms with Crippen LogP contribution in [0.15, 0.2) is 0 Å². The average Bonchev–Trinajstić information content (AvgIpc) is 2.34. The van der Waals surface area contributed by atoms with Crippen LogP contribution in [0.3, 0.4) is 0 Å². The number of hydrogen-bond donors (Lipinski definition) is 0. The number of carbonyl (C=O) groups excluding carboxylic acids is 1. The number of carbonyl (C=O) groups is 1. The molecule has 5 heteroatoms. The van der Waals surface area contributed by atoms with Gasteiger partial charge in [0.05, 0.1) is 13.1 Å². The van der Waals surface area contributed by atoms with Crippen molar-refractivity contribution in [3.63, 3.8) is 0 Å². The predicted octanol–water partition coefficient (Wildman–Crippen LogP) is 0.504. The van der Waals surface area contributed by atoms with Crippen molar-refractivity contribution in [2.45, 2.75) is 31.8 Å². The number of likely N-dealkylation sites (N-methyl/N-ethyl adjacent to an activating group) is 2. The van der Waals surface area contributed by atoms with Gasteiger partial charge in [0, 0.05) is 14.1 Å². The molecule has 0 aromatic rings. The van der Waals surface area contributed by atoms with Gasteiger partial charge >= 0.3 is 6.03 Å². The Labute approximate surface area is 89.9 Å². The van der Waals surface area contributed by atoms with Gasteiger partial charge in [-0.1, -0.05) is 0 Å². The van der Waals surface area contributed by atoms with Crippen LogP contribution in [-0.4, -0.2) is 61.0 Å². The topological polar surface area (TPSA) is 42.0 Å². The fraction of sp³-hybridized carbons (Fsp3) is 0.900. The summed E-state index contributed by atoms with van der Waals surface area (Å²) in [5, 5.41) is 0. The van der Waals surface area contributed by atoms with E-state index in [4.69, 9.17) is 9.47 Å². The lowest BCUT2D eigenvalue weighted by atomic mass is 10.2. The van der Waals surface area contributed by atoms with Crippen molar-refractivity contribution >= 4 is 6.03 Å². The molecule has 2 atom stereocenters. The summed E-state index contributed by atoms with van der Waals surface area (Å²) < 4.78 is 11.5. The van der Waals surface area contributed by atoms with E-state index in [0.717, 1.165) is 0 Å². The predicted molar refractivity (Wildman–Crippen MR) is 54.5 cm³/mol. The molecule has 15 heavy (non-hydrogen) atoms. The monoisotopic (exact) mass is 214 g/mol. The number of urea groups is 1. The van der Waals surface area contributed by atoms with Gasteiger partial charge in [0.1, 0.15) is 12.2 Å². The Morgan fingerprint density at radius 3 is 1.93 bits per heavy atom. The van der Waals surface area contributed by atoms with Crippen molar-refractivity contribution in [2.24, 2.45) is 0 Å². The van der Waals surface area contributed by atoms with E-state index in [2.05, 4.69) is 0 Å². The number of hydrogen-bond acceptors (Lipinski definition) is 3. The van der Waals surface area contributed by atoms with Crippen LogP contribution in [0.4, 0.5) is 4.79 Å². The molecule has 5 nitrogen and oxygen atoms in total. The maximum absolute atomic E-state index is 11.7. The van der Waals surface area contributed by atoms with Gasteiger partial charge in [-0.05, 0) is 13.8 Å². The molecule has 2 saturated heterocycles. The smallest absolute Gasteiger partial charge is 0.319 e. The largest absolute Gasteiger partial charge is 0.343 e. The van der Waals surface area contributed by atoms with E-state index in [1.54, 1.807) is 23.9 Å². The van der Waals surface area contributed by atoms with Crippen LogP contribution >= 0.6 is 0 Å². The summed E-state index contributed by atoms with van der Waals surface area (Å²) in [6, 6.07) is 0.0226. The molecule has 0 aliphatic carbocycles. The SMILES string of the molecule is CN1C[C@@H]2OC(C)(C)O[C@H]2CN(C)C1=O. The molecule has 2 heterocycles. The van der Waals surface area contributed by atoms with Gasteiger partial charge in [0.15, 0.2) is 5.79 Å². The zero-order valence-corrected chi connectivity index (χ0v) is 9.69. The molecule has 2 rings (SSSR count). The van der Waals surface area contributed by atoms with Crippen molar-refractivity contribution in [1.82, 2.24) is 9.80 Å². The quantitative estimate of drug-likeness (QED) is 0.590. The third-order valence-electron chi connectivity index (χ3n) is 2.85. The maximum atomic E-state index is 11.7. The number of ether oxygens (including phenoxy) is 2. The third kappa shape index (κ3) is 1.94. The van der Waals surface area contributed by atoms with Crippen LogP contribution in [-0.2, 0) is 9.47 Å². The first kappa shape index (κ1) is 10.7. The van der Waals surface area contributed by atoms with Crippen molar-refractivity contribution in [1.29, 1.82) is 0 Å². The Bertz CT molecular complexity index is 256. The summed E-state index contributed by atoms with van der Waals surface area (Å²) in [4.78, 5) is 15.0. The standard InChI is InChI=1S/C10H18N2O3/c1-10(2)14-7-5-11(3)9(13)12(4)6-8(7)15-10/h7-8H,5-6H2,1-4H3/t7-,8-/m0/s1. The third-order valence-corrected chi connectivity index (χ3v) is 2.85. The van der Waals surface area contributed by atoms with E-state index >= 15 is 0 Å². The normalized spacial score (nSPS) is 35.3. The van der Waals surface area contributed by atoms with Gasteiger partial charge in [-0.15, -0.1) is 0 Å². The fourth-order valence-electron chi connectivity index (χ4n) is 2.21. The molecule has 0 bridgehead atoms. The Kier molecular flexibility index (Phi) is 2.39. The summed E-state index contributed by atoms with van der Waals surface area (Å²) in [7, 11) is 3.58. The first-order chi connectivity index (χ1) is 6.89. The van der Waals surface area contributed by atoms with Crippen LogP contribution in [0.1, 0.15) is 13.8 Å². The van der Waals surface area contributed by atoms with Gasteiger partial charge in [0.25, 0.3) is 0 Å². The van der Waals surface area contributed by atoms with Gasteiger partial charge < -0.3 is 19.3 Å². The minimum absolute atomic E-state index is 0.0149. The molecule has 0 spiro atoms.